The van der Waals surface area contributed by atoms with Crippen LogP contribution in [0.4, 0.5) is 0 Å². The number of hydrogen-bond donors (Lipinski definition) is 2. The first-order valence-electron chi connectivity index (χ1n) is 9.83. The van der Waals surface area contributed by atoms with Crippen molar-refractivity contribution in [2.45, 2.75) is 5.60 Å². The van der Waals surface area contributed by atoms with Gasteiger partial charge in [-0.2, -0.15) is 5.10 Å². The Hall–Kier alpha value is -3.49. The summed E-state index contributed by atoms with van der Waals surface area (Å²) in [6.07, 6.45) is 5.37. The Bertz CT molecular complexity index is 1200. The van der Waals surface area contributed by atoms with Gasteiger partial charge in [-0.25, -0.2) is 4.98 Å². The van der Waals surface area contributed by atoms with E-state index in [-0.39, 0.29) is 6.54 Å². The maximum atomic E-state index is 11.8. The van der Waals surface area contributed by atoms with E-state index >= 15 is 0 Å². The summed E-state index contributed by atoms with van der Waals surface area (Å²) in [7, 11) is 6.82. The van der Waals surface area contributed by atoms with Gasteiger partial charge in [0.15, 0.2) is 0 Å². The quantitative estimate of drug-likeness (QED) is 0.475. The van der Waals surface area contributed by atoms with Crippen molar-refractivity contribution in [2.24, 2.45) is 7.05 Å². The SMILES string of the molecule is CNC[C@](O)(c1cc(OC)cc(OC)c1)c1ccc2ncc(-c3cnn(C)c3)nc2c1. The molecule has 0 aliphatic heterocycles. The van der Waals surface area contributed by atoms with Gasteiger partial charge in [0, 0.05) is 31.4 Å². The predicted octanol–water partition coefficient (Wildman–Crippen LogP) is 2.50. The van der Waals surface area contributed by atoms with Crippen molar-refractivity contribution in [3.05, 3.63) is 66.1 Å². The smallest absolute Gasteiger partial charge is 0.127 e. The van der Waals surface area contributed by atoms with E-state index in [0.29, 0.717) is 28.1 Å². The lowest BCUT2D eigenvalue weighted by Gasteiger charge is -2.30. The zero-order chi connectivity index (χ0) is 22.0. The van der Waals surface area contributed by atoms with E-state index in [1.54, 1.807) is 44.4 Å². The largest absolute Gasteiger partial charge is 0.497 e. The van der Waals surface area contributed by atoms with E-state index in [1.165, 1.54) is 0 Å². The molecule has 31 heavy (non-hydrogen) atoms. The molecule has 8 nitrogen and oxygen atoms in total. The van der Waals surface area contributed by atoms with Crippen molar-refractivity contribution in [3.63, 3.8) is 0 Å². The van der Waals surface area contributed by atoms with Gasteiger partial charge in [0.1, 0.15) is 17.1 Å². The van der Waals surface area contributed by atoms with Gasteiger partial charge >= 0.3 is 0 Å². The Morgan fingerprint density at radius 3 is 2.35 bits per heavy atom. The van der Waals surface area contributed by atoms with Crippen molar-refractivity contribution in [1.82, 2.24) is 25.1 Å². The fourth-order valence-corrected chi connectivity index (χ4v) is 3.63. The van der Waals surface area contributed by atoms with Crippen molar-refractivity contribution >= 4 is 11.0 Å². The summed E-state index contributed by atoms with van der Waals surface area (Å²) in [6, 6.07) is 11.0. The van der Waals surface area contributed by atoms with E-state index in [9.17, 15) is 5.11 Å². The molecule has 0 amide bonds. The summed E-state index contributed by atoms with van der Waals surface area (Å²) in [5.41, 5.74) is 3.02. The Kier molecular flexibility index (Phi) is 5.58. The molecule has 2 aromatic carbocycles. The first-order valence-corrected chi connectivity index (χ1v) is 9.83. The summed E-state index contributed by atoms with van der Waals surface area (Å²) in [6.45, 7) is 0.282. The summed E-state index contributed by atoms with van der Waals surface area (Å²) < 4.78 is 12.5. The van der Waals surface area contributed by atoms with Gasteiger partial charge in [0.05, 0.1) is 43.3 Å². The van der Waals surface area contributed by atoms with Gasteiger partial charge in [0.2, 0.25) is 0 Å². The Morgan fingerprint density at radius 1 is 1.00 bits per heavy atom. The highest BCUT2D eigenvalue weighted by molar-refractivity contribution is 5.78. The molecule has 0 unspecified atom stereocenters. The van der Waals surface area contributed by atoms with Crippen LogP contribution in [0.2, 0.25) is 0 Å². The first-order chi connectivity index (χ1) is 15.0. The molecule has 4 aromatic rings. The van der Waals surface area contributed by atoms with Gasteiger partial charge in [0.25, 0.3) is 0 Å². The molecule has 0 saturated carbocycles. The fraction of sp³-hybridized carbons (Fsp3) is 0.261. The molecule has 0 aliphatic rings. The fourth-order valence-electron chi connectivity index (χ4n) is 3.63. The second kappa shape index (κ2) is 8.33. The van der Waals surface area contributed by atoms with Crippen LogP contribution in [0.25, 0.3) is 22.3 Å². The number of rotatable bonds is 7. The summed E-state index contributed by atoms with van der Waals surface area (Å²) in [5.74, 6) is 1.20. The predicted molar refractivity (Wildman–Crippen MR) is 118 cm³/mol. The summed E-state index contributed by atoms with van der Waals surface area (Å²) in [5, 5.41) is 19.1. The number of hydrogen-bond acceptors (Lipinski definition) is 7. The van der Waals surface area contributed by atoms with Crippen LogP contribution in [-0.4, -0.2) is 52.7 Å². The maximum Gasteiger partial charge on any atom is 0.127 e. The topological polar surface area (TPSA) is 94.3 Å². The van der Waals surface area contributed by atoms with Gasteiger partial charge < -0.3 is 19.9 Å². The lowest BCUT2D eigenvalue weighted by molar-refractivity contribution is 0.0819. The monoisotopic (exact) mass is 419 g/mol. The molecule has 0 bridgehead atoms. The highest BCUT2D eigenvalue weighted by atomic mass is 16.5. The number of benzene rings is 2. The number of nitrogens with zero attached hydrogens (tertiary/aromatic N) is 4. The molecule has 160 valence electrons. The lowest BCUT2D eigenvalue weighted by Crippen LogP contribution is -2.37. The molecule has 8 heteroatoms. The second-order valence-corrected chi connectivity index (χ2v) is 7.35. The van der Waals surface area contributed by atoms with Crippen LogP contribution < -0.4 is 14.8 Å². The van der Waals surface area contributed by atoms with Crippen molar-refractivity contribution < 1.29 is 14.6 Å². The van der Waals surface area contributed by atoms with Crippen LogP contribution in [0.5, 0.6) is 11.5 Å². The van der Waals surface area contributed by atoms with Gasteiger partial charge in [-0.05, 0) is 42.4 Å². The van der Waals surface area contributed by atoms with Crippen LogP contribution >= 0.6 is 0 Å². The molecule has 2 heterocycles. The third-order valence-corrected chi connectivity index (χ3v) is 5.28. The van der Waals surface area contributed by atoms with E-state index in [1.807, 2.05) is 43.6 Å². The third-order valence-electron chi connectivity index (χ3n) is 5.28. The van der Waals surface area contributed by atoms with Gasteiger partial charge in [-0.1, -0.05) is 6.07 Å². The minimum absolute atomic E-state index is 0.282. The summed E-state index contributed by atoms with van der Waals surface area (Å²) in [4.78, 5) is 9.28. The van der Waals surface area contributed by atoms with Crippen LogP contribution in [0, 0.1) is 0 Å². The number of aromatic nitrogens is 4. The molecule has 0 radical (unpaired) electrons. The van der Waals surface area contributed by atoms with Crippen molar-refractivity contribution in [2.75, 3.05) is 27.8 Å². The highest BCUT2D eigenvalue weighted by Crippen LogP contribution is 2.35. The maximum absolute atomic E-state index is 11.8. The molecule has 4 rings (SSSR count). The van der Waals surface area contributed by atoms with Gasteiger partial charge in [-0.15, -0.1) is 0 Å². The number of fused-ring (bicyclic) bond motifs is 1. The molecule has 0 aliphatic carbocycles. The number of aryl methyl sites for hydroxylation is 1. The number of nitrogens with one attached hydrogen (secondary N) is 1. The van der Waals surface area contributed by atoms with Crippen LogP contribution in [0.3, 0.4) is 0 Å². The van der Waals surface area contributed by atoms with Crippen molar-refractivity contribution in [1.29, 1.82) is 0 Å². The number of methoxy groups -OCH3 is 2. The molecule has 2 N–H and O–H groups in total. The Labute approximate surface area is 180 Å². The highest BCUT2D eigenvalue weighted by Gasteiger charge is 2.32. The zero-order valence-electron chi connectivity index (χ0n) is 18.0. The van der Waals surface area contributed by atoms with E-state index in [2.05, 4.69) is 15.4 Å². The Morgan fingerprint density at radius 2 is 1.74 bits per heavy atom. The van der Waals surface area contributed by atoms with Crippen molar-refractivity contribution in [3.8, 4) is 22.8 Å². The first kappa shape index (κ1) is 20.8. The second-order valence-electron chi connectivity index (χ2n) is 7.35. The molecule has 1 atom stereocenters. The molecule has 0 spiro atoms. The van der Waals surface area contributed by atoms with Crippen LogP contribution in [0.1, 0.15) is 11.1 Å². The minimum Gasteiger partial charge on any atom is -0.497 e. The normalized spacial score (nSPS) is 13.2. The standard InChI is InChI=1S/C23H25N5O3/c1-24-14-23(29,17-7-18(30-3)10-19(8-17)31-4)16-5-6-20-21(9-16)27-22(12-25-20)15-11-26-28(2)13-15/h5-13,24,29H,14H2,1-4H3/t23-/m1/s1. The van der Waals surface area contributed by atoms with E-state index in [0.717, 1.165) is 16.8 Å². The summed E-state index contributed by atoms with van der Waals surface area (Å²) >= 11 is 0. The number of likely N-dealkylation sites (N-methyl/N-ethyl adjacent to an activating group) is 1. The third kappa shape index (κ3) is 3.95. The minimum atomic E-state index is -1.34. The zero-order valence-corrected chi connectivity index (χ0v) is 18.0. The van der Waals surface area contributed by atoms with E-state index < -0.39 is 5.60 Å². The van der Waals surface area contributed by atoms with Crippen LogP contribution in [0.15, 0.2) is 55.0 Å². The average Bonchev–Trinajstić information content (AvgIpc) is 3.24. The average molecular weight is 419 g/mol. The van der Waals surface area contributed by atoms with Gasteiger partial charge in [-0.3, -0.25) is 9.67 Å². The number of ether oxygens (including phenoxy) is 2. The molecule has 0 saturated heterocycles. The molecule has 2 aromatic heterocycles. The molecular formula is C23H25N5O3. The number of aliphatic hydroxyl groups is 1. The molecule has 0 fully saturated rings. The molecular weight excluding hydrogens is 394 g/mol. The van der Waals surface area contributed by atoms with E-state index in [4.69, 9.17) is 14.5 Å². The lowest BCUT2D eigenvalue weighted by atomic mass is 9.85. The van der Waals surface area contributed by atoms with Crippen LogP contribution in [-0.2, 0) is 12.6 Å². The Balaban J connectivity index is 1.85.